The van der Waals surface area contributed by atoms with Crippen LogP contribution >= 0.6 is 44.6 Å². The molecule has 432 valence electrons. The third kappa shape index (κ3) is 15.4. The zero-order valence-electron chi connectivity index (χ0n) is 43.6. The molecule has 6 rings (SSSR count). The number of nitrogens with one attached hydrogen (secondary N) is 2. The van der Waals surface area contributed by atoms with Gasteiger partial charge in [0, 0.05) is 61.8 Å². The minimum atomic E-state index is -6.76. The normalized spacial score (nSPS) is 25.1. The van der Waals surface area contributed by atoms with E-state index in [0.717, 1.165) is 82.1 Å². The van der Waals surface area contributed by atoms with Crippen LogP contribution in [0.2, 0.25) is 0 Å². The fourth-order valence-corrected chi connectivity index (χ4v) is 14.7. The Balaban J connectivity index is 0.829. The molecule has 76 heavy (non-hydrogen) atoms. The number of halogens is 10. The first-order valence-corrected chi connectivity index (χ1v) is 29.2. The zero-order valence-corrected chi connectivity index (χ0v) is 47.4. The molecule has 1 aromatic heterocycles. The van der Waals surface area contributed by atoms with Gasteiger partial charge in [-0.05, 0) is 132 Å². The van der Waals surface area contributed by atoms with Crippen LogP contribution in [0.5, 0.6) is 5.75 Å². The van der Waals surface area contributed by atoms with Gasteiger partial charge >= 0.3 is 29.8 Å². The third-order valence-corrected chi connectivity index (χ3v) is 19.8. The number of nitrogens with zero attached hydrogens (tertiary/aromatic N) is 2. The highest BCUT2D eigenvalue weighted by Crippen LogP contribution is 2.62. The molecule has 2 aromatic rings. The van der Waals surface area contributed by atoms with Gasteiger partial charge in [-0.15, -0.1) is 0 Å². The molecule has 0 spiro atoms. The zero-order chi connectivity index (χ0) is 55.7. The summed E-state index contributed by atoms with van der Waals surface area (Å²) in [6, 6.07) is 6.48. The van der Waals surface area contributed by atoms with Crippen LogP contribution in [0.4, 0.5) is 39.5 Å². The Morgan fingerprint density at radius 2 is 1.67 bits per heavy atom. The first-order valence-electron chi connectivity index (χ1n) is 26.0. The van der Waals surface area contributed by atoms with E-state index in [1.807, 2.05) is 21.6 Å². The molecule has 2 heterocycles. The maximum Gasteiger partial charge on any atom is 0.435 e. The van der Waals surface area contributed by atoms with Crippen molar-refractivity contribution in [3.05, 3.63) is 61.9 Å². The molecule has 5 unspecified atom stereocenters. The van der Waals surface area contributed by atoms with Crippen LogP contribution in [-0.2, 0) is 39.6 Å². The van der Waals surface area contributed by atoms with E-state index in [2.05, 4.69) is 54.0 Å². The second-order valence-electron chi connectivity index (χ2n) is 21.4. The van der Waals surface area contributed by atoms with E-state index in [1.165, 1.54) is 33.8 Å². The number of carbonyl (C=O) groups excluding carboxylic acids is 1. The SMILES string of the molecule is COCC1OC(n2cc(CCC(=O)NCCCCCCSSC(C)(C)CCOc3ccc4c(c3)CCC3C4CC[C@]4(C)[C@@H](OCCN(C)CCOC(C(F)(F)F)(C(F)(F)F)C(F)(F)F)CC[C@@H]34)c(=O)[nH]c2=O)CC1OI. The Kier molecular flexibility index (Phi) is 22.4. The van der Waals surface area contributed by atoms with E-state index in [-0.39, 0.29) is 60.4 Å². The molecule has 3 aliphatic carbocycles. The largest absolute Gasteiger partial charge is 0.494 e. The number of amides is 1. The molecule has 1 saturated heterocycles. The molecule has 2 saturated carbocycles. The van der Waals surface area contributed by atoms with Gasteiger partial charge in [-0.25, -0.2) is 4.79 Å². The maximum atomic E-state index is 13.2. The minimum Gasteiger partial charge on any atom is -0.494 e. The second kappa shape index (κ2) is 27.0. The van der Waals surface area contributed by atoms with Gasteiger partial charge in [0.1, 0.15) is 47.2 Å². The van der Waals surface area contributed by atoms with Crippen LogP contribution in [0.25, 0.3) is 0 Å². The van der Waals surface area contributed by atoms with Crippen LogP contribution in [0.3, 0.4) is 0 Å². The molecular weight excluding hydrogens is 1170 g/mol. The molecule has 0 bridgehead atoms. The lowest BCUT2D eigenvalue weighted by molar-refractivity contribution is -0.457. The van der Waals surface area contributed by atoms with E-state index >= 15 is 0 Å². The third-order valence-electron chi connectivity index (χ3n) is 15.7. The van der Waals surface area contributed by atoms with Crippen molar-refractivity contribution in [2.24, 2.45) is 17.3 Å². The average molecular weight is 1250 g/mol. The van der Waals surface area contributed by atoms with Crippen molar-refractivity contribution in [2.75, 3.05) is 66.0 Å². The summed E-state index contributed by atoms with van der Waals surface area (Å²) < 4.78 is 153. The van der Waals surface area contributed by atoms with Gasteiger partial charge in [0.25, 0.3) is 5.56 Å². The van der Waals surface area contributed by atoms with Crippen LogP contribution < -0.4 is 21.3 Å². The number of benzene rings is 1. The Labute approximate surface area is 460 Å². The Morgan fingerprint density at radius 1 is 0.961 bits per heavy atom. The molecule has 4 aliphatic rings. The number of ether oxygens (including phenoxy) is 5. The average Bonchev–Trinajstić information content (AvgIpc) is 3.93. The molecule has 1 aromatic carbocycles. The highest BCUT2D eigenvalue weighted by Gasteiger charge is 2.85. The molecule has 13 nitrogen and oxygen atoms in total. The molecule has 8 atom stereocenters. The maximum absolute atomic E-state index is 13.2. The fourth-order valence-electron chi connectivity index (χ4n) is 11.5. The number of hydrogen-bond donors (Lipinski definition) is 2. The molecule has 1 amide bonds. The number of H-pyrrole nitrogens is 1. The van der Waals surface area contributed by atoms with E-state index < -0.39 is 54.8 Å². The Hall–Kier alpha value is -2.27. The molecule has 1 aliphatic heterocycles. The molecule has 3 fully saturated rings. The number of carbonyl (C=O) groups is 1. The number of aryl methyl sites for hydroxylation is 2. The van der Waals surface area contributed by atoms with Gasteiger partial charge in [0.2, 0.25) is 5.91 Å². The number of methoxy groups -OCH3 is 1. The number of rotatable bonds is 28. The minimum absolute atomic E-state index is 0.00173. The standard InChI is InChI=1S/C51H72F9IN4O9S2/c1-46(2,76-75-27-9-7-6-8-21-62-42(66)17-11-33-30-65(45(68)63-44(33)67)43-29-39(74-61)40(73-43)31-69-5)20-24-70-34-12-14-35-32(28-34)10-13-37-36(35)18-19-47(3)38(37)15-16-41(47)71-25-22-64(4)23-26-72-48(49(52,53)54,50(55,56)57)51(58,59)60/h12,14,28,30,36-41,43H,6-11,13,15-27,29,31H2,1-5H3,(H,62,66)(H,63,67,68)/t36?,37?,38-,39?,40?,41-,43?,47-/m0/s1. The second-order valence-corrected chi connectivity index (χ2v) is 25.0. The number of aromatic nitrogens is 2. The summed E-state index contributed by atoms with van der Waals surface area (Å²) in [5, 5.41) is 2.94. The monoisotopic (exact) mass is 1250 g/mol. The van der Waals surface area contributed by atoms with Crippen molar-refractivity contribution in [1.82, 2.24) is 19.8 Å². The molecule has 25 heteroatoms. The number of aromatic amines is 1. The lowest BCUT2D eigenvalue weighted by atomic mass is 9.55. The topological polar surface area (TPSA) is 143 Å². The molecule has 2 N–H and O–H groups in total. The summed E-state index contributed by atoms with van der Waals surface area (Å²) in [6.45, 7) is 6.25. The fraction of sp³-hybridized carbons (Fsp3) is 0.784. The van der Waals surface area contributed by atoms with Crippen molar-refractivity contribution < 1.29 is 71.1 Å². The number of likely N-dealkylation sites (N-methyl/N-ethyl adjacent to an activating group) is 1. The van der Waals surface area contributed by atoms with E-state index in [1.54, 1.807) is 30.1 Å². The molecular formula is C51H72F9IN4O9S2. The number of hydrogen-bond acceptors (Lipinski definition) is 12. The summed E-state index contributed by atoms with van der Waals surface area (Å²) in [6.07, 6.45) is -9.06. The summed E-state index contributed by atoms with van der Waals surface area (Å²) in [4.78, 5) is 41.3. The van der Waals surface area contributed by atoms with Crippen molar-refractivity contribution in [3.63, 3.8) is 0 Å². The highest BCUT2D eigenvalue weighted by atomic mass is 127. The lowest BCUT2D eigenvalue weighted by Gasteiger charge is -2.50. The summed E-state index contributed by atoms with van der Waals surface area (Å²) in [5.41, 5.74) is -4.51. The quantitative estimate of drug-likeness (QED) is 0.0362. The predicted molar refractivity (Wildman–Crippen MR) is 280 cm³/mol. The van der Waals surface area contributed by atoms with Crippen LogP contribution in [-0.4, -0.2) is 134 Å². The Bertz CT molecular complexity index is 2290. The van der Waals surface area contributed by atoms with Crippen molar-refractivity contribution >= 4 is 50.5 Å². The summed E-state index contributed by atoms with van der Waals surface area (Å²) in [7, 11) is 6.65. The molecule has 0 radical (unpaired) electrons. The smallest absolute Gasteiger partial charge is 0.435 e. The van der Waals surface area contributed by atoms with Gasteiger partial charge in [-0.2, -0.15) is 39.5 Å². The first kappa shape index (κ1) is 62.9. The van der Waals surface area contributed by atoms with Crippen molar-refractivity contribution in [2.45, 2.75) is 170 Å². The number of unbranched alkanes of at least 4 members (excludes halogenated alkanes) is 3. The van der Waals surface area contributed by atoms with Crippen LogP contribution in [0, 0.1) is 17.3 Å². The number of alkyl halides is 9. The Morgan fingerprint density at radius 3 is 2.37 bits per heavy atom. The van der Waals surface area contributed by atoms with Gasteiger partial charge in [-0.3, -0.25) is 19.1 Å². The van der Waals surface area contributed by atoms with Crippen LogP contribution in [0.1, 0.15) is 127 Å². The van der Waals surface area contributed by atoms with E-state index in [0.29, 0.717) is 49.5 Å². The summed E-state index contributed by atoms with van der Waals surface area (Å²) >= 11 is 1.80. The van der Waals surface area contributed by atoms with Crippen LogP contribution in [0.15, 0.2) is 34.0 Å². The van der Waals surface area contributed by atoms with Crippen molar-refractivity contribution in [3.8, 4) is 5.75 Å². The lowest BCUT2D eigenvalue weighted by Crippen LogP contribution is -2.68. The predicted octanol–water partition coefficient (Wildman–Crippen LogP) is 11.1. The summed E-state index contributed by atoms with van der Waals surface area (Å²) in [5.74, 6) is 2.98. The van der Waals surface area contributed by atoms with Gasteiger partial charge in [-0.1, -0.05) is 47.4 Å². The van der Waals surface area contributed by atoms with E-state index in [9.17, 15) is 53.9 Å². The van der Waals surface area contributed by atoms with Gasteiger partial charge in [0.05, 0.1) is 32.5 Å². The van der Waals surface area contributed by atoms with Crippen molar-refractivity contribution in [1.29, 1.82) is 0 Å². The van der Waals surface area contributed by atoms with E-state index in [4.69, 9.17) is 22.0 Å². The number of fused-ring (bicyclic) bond motifs is 5. The van der Waals surface area contributed by atoms with Gasteiger partial charge < -0.3 is 37.0 Å². The highest BCUT2D eigenvalue weighted by molar-refractivity contribution is 14.1. The first-order chi connectivity index (χ1) is 35.7. The van der Waals surface area contributed by atoms with Gasteiger partial charge in [0.15, 0.2) is 0 Å².